The van der Waals surface area contributed by atoms with Gasteiger partial charge in [-0.25, -0.2) is 4.98 Å². The summed E-state index contributed by atoms with van der Waals surface area (Å²) >= 11 is 0. The van der Waals surface area contributed by atoms with E-state index in [1.165, 1.54) is 12.3 Å². The molecule has 0 N–H and O–H groups in total. The Bertz CT molecular complexity index is 292. The van der Waals surface area contributed by atoms with Gasteiger partial charge >= 0.3 is 0 Å². The highest BCUT2D eigenvalue weighted by atomic mass is 31.1. The molecule has 0 saturated heterocycles. The lowest BCUT2D eigenvalue weighted by Gasteiger charge is -1.86. The van der Waals surface area contributed by atoms with Crippen LogP contribution in [0.5, 0.6) is 0 Å². The summed E-state index contributed by atoms with van der Waals surface area (Å²) in [5.74, 6) is 0. The first-order chi connectivity index (χ1) is 4.86. The number of nitrogens with zero attached hydrogens (tertiary/aromatic N) is 2. The van der Waals surface area contributed by atoms with Crippen molar-refractivity contribution in [2.24, 2.45) is 0 Å². The third-order valence-electron chi connectivity index (χ3n) is 0.963. The minimum Gasteiger partial charge on any atom is -0.269 e. The van der Waals surface area contributed by atoms with Gasteiger partial charge in [-0.1, -0.05) is 0 Å². The first-order valence-electron chi connectivity index (χ1n) is 2.56. The average molecular weight is 150 g/mol. The Morgan fingerprint density at radius 1 is 1.70 bits per heavy atom. The molecule has 0 aliphatic heterocycles. The van der Waals surface area contributed by atoms with Gasteiger partial charge in [-0.05, 0) is 12.1 Å². The van der Waals surface area contributed by atoms with Crippen molar-refractivity contribution in [2.75, 3.05) is 0 Å². The Morgan fingerprint density at radius 3 is 3.10 bits per heavy atom. The summed E-state index contributed by atoms with van der Waals surface area (Å²) in [6.07, 6.45) is 1.46. The number of hydrogen-bond acceptors (Lipinski definition) is 3. The van der Waals surface area contributed by atoms with Crippen LogP contribution in [0.1, 0.15) is 5.69 Å². The van der Waals surface area contributed by atoms with E-state index < -0.39 is 0 Å². The quantitative estimate of drug-likeness (QED) is 0.558. The van der Waals surface area contributed by atoms with Gasteiger partial charge in [-0.2, -0.15) is 5.26 Å². The van der Waals surface area contributed by atoms with Gasteiger partial charge in [-0.15, -0.1) is 0 Å². The molecule has 10 heavy (non-hydrogen) atoms. The van der Waals surface area contributed by atoms with Crippen molar-refractivity contribution in [2.45, 2.75) is 0 Å². The van der Waals surface area contributed by atoms with Gasteiger partial charge in [0.05, 0.1) is 0 Å². The van der Waals surface area contributed by atoms with Crippen LogP contribution in [0.4, 0.5) is 0 Å². The van der Waals surface area contributed by atoms with E-state index in [9.17, 15) is 4.57 Å². The summed E-state index contributed by atoms with van der Waals surface area (Å²) in [5, 5.41) is 8.92. The topological polar surface area (TPSA) is 53.8 Å². The highest BCUT2D eigenvalue weighted by Gasteiger charge is 1.92. The second kappa shape index (κ2) is 3.05. The second-order valence-corrected chi connectivity index (χ2v) is 2.30. The van der Waals surface area contributed by atoms with Crippen molar-refractivity contribution in [3.63, 3.8) is 0 Å². The maximum absolute atomic E-state index is 10.2. The van der Waals surface area contributed by atoms with Crippen LogP contribution in [0.2, 0.25) is 0 Å². The Kier molecular flexibility index (Phi) is 2.09. The van der Waals surface area contributed by atoms with Crippen molar-refractivity contribution in [3.8, 4) is 6.07 Å². The van der Waals surface area contributed by atoms with E-state index in [0.717, 1.165) is 0 Å². The molecule has 1 rings (SSSR count). The molecule has 0 aliphatic carbocycles. The van der Waals surface area contributed by atoms with Crippen LogP contribution in [0.3, 0.4) is 0 Å². The molecular formula is C6H3N2OP. The molecule has 1 aromatic heterocycles. The monoisotopic (exact) mass is 150 g/mol. The van der Waals surface area contributed by atoms with Crippen molar-refractivity contribution in [1.29, 1.82) is 5.26 Å². The zero-order chi connectivity index (χ0) is 7.40. The molecule has 0 aliphatic rings. The Balaban J connectivity index is 3.13. The summed E-state index contributed by atoms with van der Waals surface area (Å²) in [5.41, 5.74) is 0.292. The zero-order valence-electron chi connectivity index (χ0n) is 4.98. The van der Waals surface area contributed by atoms with Crippen molar-refractivity contribution in [3.05, 3.63) is 24.0 Å². The molecule has 1 heterocycles. The molecule has 0 fully saturated rings. The summed E-state index contributed by atoms with van der Waals surface area (Å²) in [6, 6.07) is 4.92. The third kappa shape index (κ3) is 1.37. The lowest BCUT2D eigenvalue weighted by Crippen LogP contribution is -1.93. The van der Waals surface area contributed by atoms with Crippen LogP contribution in [0.25, 0.3) is 0 Å². The van der Waals surface area contributed by atoms with Crippen LogP contribution in [0.15, 0.2) is 18.3 Å². The Morgan fingerprint density at radius 2 is 2.50 bits per heavy atom. The highest BCUT2D eigenvalue weighted by Crippen LogP contribution is 1.95. The Labute approximate surface area is 59.5 Å². The first-order valence-corrected chi connectivity index (χ1v) is 3.37. The summed E-state index contributed by atoms with van der Waals surface area (Å²) in [6.45, 7) is 0. The fourth-order valence-electron chi connectivity index (χ4n) is 0.537. The van der Waals surface area contributed by atoms with Gasteiger partial charge in [0.2, 0.25) is 0 Å². The predicted molar refractivity (Wildman–Crippen MR) is 36.2 cm³/mol. The number of rotatable bonds is 1. The van der Waals surface area contributed by atoms with Crippen molar-refractivity contribution in [1.82, 2.24) is 4.98 Å². The molecule has 0 aromatic carbocycles. The fourth-order valence-corrected chi connectivity index (χ4v) is 0.840. The standard InChI is InChI=1S/C6H3N2OP/c7-4-5-3-6(10-9)1-2-8-5/h1-3H. The summed E-state index contributed by atoms with van der Waals surface area (Å²) < 4.78 is 10.2. The molecule has 0 atom stereocenters. The van der Waals surface area contributed by atoms with E-state index in [1.807, 2.05) is 6.07 Å². The number of aromatic nitrogens is 1. The molecule has 48 valence electrons. The summed E-state index contributed by atoms with van der Waals surface area (Å²) in [7, 11) is -0.0772. The number of hydrogen-bond donors (Lipinski definition) is 0. The predicted octanol–water partition coefficient (Wildman–Crippen LogP) is 0.870. The average Bonchev–Trinajstić information content (AvgIpc) is 2.05. The van der Waals surface area contributed by atoms with Crippen LogP contribution in [0, 0.1) is 11.3 Å². The van der Waals surface area contributed by atoms with Crippen molar-refractivity contribution < 1.29 is 4.57 Å². The molecule has 0 bridgehead atoms. The van der Waals surface area contributed by atoms with E-state index in [1.54, 1.807) is 6.07 Å². The van der Waals surface area contributed by atoms with Crippen LogP contribution in [-0.4, -0.2) is 4.98 Å². The van der Waals surface area contributed by atoms with E-state index in [4.69, 9.17) is 5.26 Å². The highest BCUT2D eigenvalue weighted by molar-refractivity contribution is 7.34. The first kappa shape index (κ1) is 6.85. The van der Waals surface area contributed by atoms with Gasteiger partial charge in [0.25, 0.3) is 0 Å². The SMILES string of the molecule is N#Cc1cc(P=O)ccn1. The Hall–Kier alpha value is -1.26. The van der Waals surface area contributed by atoms with E-state index >= 15 is 0 Å². The second-order valence-electron chi connectivity index (χ2n) is 1.60. The van der Waals surface area contributed by atoms with Gasteiger partial charge in [-0.3, -0.25) is 4.57 Å². The van der Waals surface area contributed by atoms with Crippen LogP contribution < -0.4 is 5.30 Å². The van der Waals surface area contributed by atoms with Gasteiger partial charge in [0.1, 0.15) is 11.8 Å². The zero-order valence-corrected chi connectivity index (χ0v) is 5.88. The van der Waals surface area contributed by atoms with E-state index in [-0.39, 0.29) is 8.46 Å². The molecule has 0 spiro atoms. The van der Waals surface area contributed by atoms with Gasteiger partial charge in [0, 0.05) is 11.5 Å². The molecule has 0 radical (unpaired) electrons. The van der Waals surface area contributed by atoms with Crippen molar-refractivity contribution >= 4 is 13.8 Å². The van der Waals surface area contributed by atoms with Gasteiger partial charge < -0.3 is 0 Å². The molecule has 3 nitrogen and oxygen atoms in total. The molecule has 0 saturated carbocycles. The molecular weight excluding hydrogens is 147 g/mol. The van der Waals surface area contributed by atoms with E-state index in [0.29, 0.717) is 11.0 Å². The number of pyridine rings is 1. The number of nitriles is 1. The minimum absolute atomic E-state index is 0.0772. The fraction of sp³-hybridized carbons (Fsp3) is 0. The van der Waals surface area contributed by atoms with Gasteiger partial charge in [0.15, 0.2) is 8.46 Å². The van der Waals surface area contributed by atoms with Crippen LogP contribution in [-0.2, 0) is 4.57 Å². The normalized spacial score (nSPS) is 9.10. The smallest absolute Gasteiger partial charge is 0.192 e. The van der Waals surface area contributed by atoms with E-state index in [2.05, 4.69) is 4.98 Å². The molecule has 0 unspecified atom stereocenters. The third-order valence-corrected chi connectivity index (χ3v) is 1.45. The molecule has 4 heteroatoms. The lowest BCUT2D eigenvalue weighted by atomic mass is 10.4. The molecule has 0 amide bonds. The van der Waals surface area contributed by atoms with Crippen LogP contribution >= 0.6 is 8.46 Å². The largest absolute Gasteiger partial charge is 0.269 e. The maximum Gasteiger partial charge on any atom is 0.192 e. The summed E-state index contributed by atoms with van der Waals surface area (Å²) in [4.78, 5) is 3.70. The molecule has 1 aromatic rings. The lowest BCUT2D eigenvalue weighted by molar-refractivity contribution is 0.603. The minimum atomic E-state index is -0.0772. The maximum atomic E-state index is 10.2.